The normalized spacial score (nSPS) is 18.8. The fraction of sp³-hybridized carbons (Fsp3) is 0.920. The Morgan fingerprint density at radius 3 is 2.06 bits per heavy atom. The summed E-state index contributed by atoms with van der Waals surface area (Å²) in [5, 5.41) is 5.72. The summed E-state index contributed by atoms with van der Waals surface area (Å²) in [4.78, 5) is 18.0. The van der Waals surface area contributed by atoms with Crippen molar-refractivity contribution in [1.29, 1.82) is 0 Å². The second kappa shape index (κ2) is 15.3. The zero-order valence-corrected chi connectivity index (χ0v) is 26.0. The average Bonchev–Trinajstić information content (AvgIpc) is 2.67. The molecule has 0 atom stereocenters. The molecule has 31 heavy (non-hydrogen) atoms. The van der Waals surface area contributed by atoms with Crippen LogP contribution in [0.2, 0.25) is 10.1 Å². The largest absolute Gasteiger partial charge is 0.660 e. The van der Waals surface area contributed by atoms with E-state index in [-0.39, 0.29) is 25.1 Å². The molecular formula is C25H49AlAmN3O-2. The van der Waals surface area contributed by atoms with Crippen molar-refractivity contribution in [2.75, 3.05) is 45.8 Å². The summed E-state index contributed by atoms with van der Waals surface area (Å²) in [6, 6.07) is 0. The van der Waals surface area contributed by atoms with E-state index in [4.69, 9.17) is 0 Å². The zero-order chi connectivity index (χ0) is 22.8. The van der Waals surface area contributed by atoms with Gasteiger partial charge in [0.2, 0.25) is 21.1 Å². The van der Waals surface area contributed by atoms with Crippen LogP contribution in [0.1, 0.15) is 74.7 Å². The van der Waals surface area contributed by atoms with Gasteiger partial charge in [-0.05, 0) is 43.7 Å². The van der Waals surface area contributed by atoms with Crippen LogP contribution < -0.4 is 0 Å². The third kappa shape index (κ3) is 12.4. The first-order valence-corrected chi connectivity index (χ1v) is 13.7. The van der Waals surface area contributed by atoms with Gasteiger partial charge in [0, 0.05) is 39.3 Å². The van der Waals surface area contributed by atoms with Gasteiger partial charge in [-0.2, -0.15) is 13.8 Å². The fourth-order valence-electron chi connectivity index (χ4n) is 4.84. The number of likely N-dealkylation sites (tertiary alicyclic amines) is 1. The van der Waals surface area contributed by atoms with E-state index >= 15 is 0 Å². The summed E-state index contributed by atoms with van der Waals surface area (Å²) in [6.45, 7) is 25.0. The van der Waals surface area contributed by atoms with Crippen LogP contribution in [-0.2, 0) is 4.79 Å². The topological polar surface area (TPSA) is 37.7 Å². The van der Waals surface area contributed by atoms with Crippen LogP contribution >= 0.6 is 0 Å². The molecule has 0 unspecified atom stereocenters. The molecule has 2 radical (unpaired) electrons. The Hall–Kier alpha value is 0.312. The minimum Gasteiger partial charge on any atom is -0.660 e. The van der Waals surface area contributed by atoms with Crippen molar-refractivity contribution in [2.24, 2.45) is 16.7 Å². The van der Waals surface area contributed by atoms with Crippen LogP contribution in [0.3, 0.4) is 0 Å². The van der Waals surface area contributed by atoms with Crippen LogP contribution in [0.5, 0.6) is 0 Å². The Labute approximate surface area is 208 Å². The van der Waals surface area contributed by atoms with E-state index in [1.807, 2.05) is 20.3 Å². The molecule has 0 aliphatic carbocycles. The fourth-order valence-corrected chi connectivity index (χ4v) is 6.09. The van der Waals surface area contributed by atoms with Gasteiger partial charge in [0.1, 0.15) is 0 Å². The third-order valence-electron chi connectivity index (χ3n) is 6.21. The van der Waals surface area contributed by atoms with Crippen LogP contribution in [0.15, 0.2) is 0 Å². The standard InChI is InChI=1S/C19H35N3O.2C3H7.Al.Am/c1-18(2,3)15-19(4,5)17(23)22-10-6-16(7-11-22)14-21-12-8-20-9-13-21;2*1-3-2;;/h16H,1,6-15H2,2-5H3;2*3H,1-2H3;;/q-1;;-1;;. The summed E-state index contributed by atoms with van der Waals surface area (Å²) in [6.07, 6.45) is 5.32. The van der Waals surface area contributed by atoms with E-state index in [1.165, 1.54) is 11.8 Å². The number of piperidine rings is 1. The number of carbonyl (C=O) groups excluding carboxylic acids is 1. The maximum absolute atomic E-state index is 13.2. The van der Waals surface area contributed by atoms with Crippen molar-refractivity contribution < 1.29 is 19.1 Å². The molecule has 0 N–H and O–H groups in total. The van der Waals surface area contributed by atoms with Gasteiger partial charge in [-0.3, -0.25) is 4.79 Å². The summed E-state index contributed by atoms with van der Waals surface area (Å²) in [5.41, 5.74) is 0.0114. The molecular weight excluding hydrogens is 628 g/mol. The molecule has 1 amide bonds. The predicted molar refractivity (Wildman–Crippen MR) is 132 cm³/mol. The molecule has 0 aromatic carbocycles. The number of carbonyl (C=O) groups is 1. The number of amides is 1. The van der Waals surface area contributed by atoms with Gasteiger partial charge in [-0.15, -0.1) is 13.1 Å². The van der Waals surface area contributed by atoms with E-state index in [0.29, 0.717) is 21.1 Å². The molecule has 6 heteroatoms. The second-order valence-electron chi connectivity index (χ2n) is 11.2. The Balaban J connectivity index is 0.00000212. The molecule has 2 rings (SSSR count). The number of hydrogen-bond donors (Lipinski definition) is 0. The van der Waals surface area contributed by atoms with E-state index < -0.39 is 0 Å². The Bertz CT molecular complexity index is 485. The number of piperazine rings is 1. The number of nitrogens with zero attached hydrogens (tertiary/aromatic N) is 3. The summed E-state index contributed by atoms with van der Waals surface area (Å²) in [7, 11) is 0. The van der Waals surface area contributed by atoms with Crippen molar-refractivity contribution in [1.82, 2.24) is 9.80 Å². The number of hydrogen-bond acceptors (Lipinski definition) is 2. The monoisotopic (exact) mass is 675 g/mol. The summed E-state index contributed by atoms with van der Waals surface area (Å²) >= 11 is 0.478. The molecule has 0 aromatic heterocycles. The molecule has 2 saturated heterocycles. The van der Waals surface area contributed by atoms with Gasteiger partial charge in [-0.1, -0.05) is 51.6 Å². The van der Waals surface area contributed by atoms with E-state index in [2.05, 4.69) is 56.7 Å². The first-order chi connectivity index (χ1) is 14.0. The predicted octanol–water partition coefficient (Wildman–Crippen LogP) is 5.54. The van der Waals surface area contributed by atoms with Crippen LogP contribution in [-0.4, -0.2) is 76.7 Å². The molecule has 4 nitrogen and oxygen atoms in total. The minimum atomic E-state index is -0.249. The SMILES string of the molecule is C[CH-]C.C[CH](C)[Al][CH2]C(C)(C)CC(C)(C)C(=O)N1CCC(CN2CC[N-]CC2)CC1.[Am]. The Kier molecular flexibility index (Phi) is 15.4. The van der Waals surface area contributed by atoms with Crippen LogP contribution in [0.25, 0.3) is 5.32 Å². The molecule has 0 saturated carbocycles. The molecule has 2 aliphatic rings. The molecule has 2 fully saturated rings. The van der Waals surface area contributed by atoms with Gasteiger partial charge in [-0.25, -0.2) is 0 Å². The Morgan fingerprint density at radius 2 is 1.58 bits per heavy atom. The smallest absolute Gasteiger partial charge is 0.228 e. The second-order valence-corrected chi connectivity index (χ2v) is 13.4. The molecule has 0 aromatic rings. The first kappa shape index (κ1) is 31.3. The van der Waals surface area contributed by atoms with Crippen molar-refractivity contribution in [2.45, 2.75) is 84.7 Å². The van der Waals surface area contributed by atoms with Gasteiger partial charge in [0.05, 0.1) is 0 Å². The third-order valence-corrected chi connectivity index (χ3v) is 8.49. The van der Waals surface area contributed by atoms with Crippen molar-refractivity contribution in [3.05, 3.63) is 11.7 Å². The van der Waals surface area contributed by atoms with Crippen LogP contribution in [0, 0.1) is 37.5 Å². The van der Waals surface area contributed by atoms with Gasteiger partial charge >= 0.3 is 0 Å². The van der Waals surface area contributed by atoms with Gasteiger partial charge in [0.15, 0.2) is 0 Å². The molecule has 0 spiro atoms. The maximum Gasteiger partial charge on any atom is 0.228 e. The van der Waals surface area contributed by atoms with E-state index in [0.717, 1.165) is 69.2 Å². The summed E-state index contributed by atoms with van der Waals surface area (Å²) < 4.78 is 0.815. The maximum atomic E-state index is 13.2. The minimum absolute atomic E-state index is 0. The molecule has 2 aliphatic heterocycles. The Morgan fingerprint density at radius 1 is 1.06 bits per heavy atom. The van der Waals surface area contributed by atoms with E-state index in [9.17, 15) is 4.79 Å². The molecule has 182 valence electrons. The van der Waals surface area contributed by atoms with Gasteiger partial charge < -0.3 is 21.5 Å². The first-order valence-electron chi connectivity index (χ1n) is 12.2. The van der Waals surface area contributed by atoms with Crippen molar-refractivity contribution in [3.8, 4) is 0 Å². The molecule has 2 heterocycles. The summed E-state index contributed by atoms with van der Waals surface area (Å²) in [5.74, 6) is 1.13. The van der Waals surface area contributed by atoms with Crippen LogP contribution in [0.4, 0.5) is 0 Å². The number of rotatable bonds is 8. The van der Waals surface area contributed by atoms with Gasteiger partial charge in [0.25, 0.3) is 0 Å². The van der Waals surface area contributed by atoms with Crippen molar-refractivity contribution >= 4 is 21.1 Å². The van der Waals surface area contributed by atoms with Crippen molar-refractivity contribution in [3.63, 3.8) is 0 Å². The zero-order valence-electron chi connectivity index (χ0n) is 21.7. The molecule has 0 bridgehead atoms. The average molecular weight is 678 g/mol. The quantitative estimate of drug-likeness (QED) is 0.250. The van der Waals surface area contributed by atoms with E-state index in [1.54, 1.807) is 0 Å².